The Kier molecular flexibility index (Phi) is 3.08. The van der Waals surface area contributed by atoms with Gasteiger partial charge in [-0.1, -0.05) is 12.1 Å². The summed E-state index contributed by atoms with van der Waals surface area (Å²) in [4.78, 5) is 1.41. The van der Waals surface area contributed by atoms with E-state index in [0.717, 1.165) is 6.54 Å². The average molecular weight is 221 g/mol. The lowest BCUT2D eigenvalue weighted by Gasteiger charge is -2.25. The number of thioether (sulfide) groups is 1. The monoisotopic (exact) mass is 221 g/mol. The Hall–Kier alpha value is -0.470. The first kappa shape index (κ1) is 11.0. The summed E-state index contributed by atoms with van der Waals surface area (Å²) in [5.74, 6) is 0. The Morgan fingerprint density at radius 2 is 2.20 bits per heavy atom. The lowest BCUT2D eigenvalue weighted by molar-refractivity contribution is 0.434. The molecular weight excluding hydrogens is 202 g/mol. The topological polar surface area (TPSA) is 12.0 Å². The number of benzene rings is 1. The third-order valence-corrected chi connectivity index (χ3v) is 4.29. The largest absolute Gasteiger partial charge is 0.308 e. The molecule has 1 nitrogen and oxygen atoms in total. The van der Waals surface area contributed by atoms with Crippen LogP contribution in [0.4, 0.5) is 0 Å². The second-order valence-electron chi connectivity index (χ2n) is 4.55. The first-order chi connectivity index (χ1) is 7.15. The molecule has 1 atom stereocenters. The molecular formula is C13H19NS. The molecule has 0 bridgehead atoms. The van der Waals surface area contributed by atoms with E-state index >= 15 is 0 Å². The quantitative estimate of drug-likeness (QED) is 0.769. The molecule has 2 heteroatoms. The number of rotatable bonds is 2. The van der Waals surface area contributed by atoms with E-state index in [9.17, 15) is 0 Å². The highest BCUT2D eigenvalue weighted by Crippen LogP contribution is 2.33. The molecule has 1 aromatic carbocycles. The molecule has 1 heterocycles. The summed E-state index contributed by atoms with van der Waals surface area (Å²) in [6.45, 7) is 5.65. The second-order valence-corrected chi connectivity index (χ2v) is 5.39. The number of nitrogens with one attached hydrogen (secondary N) is 1. The molecule has 1 aliphatic rings. The summed E-state index contributed by atoms with van der Waals surface area (Å²) in [5, 5.41) is 3.61. The molecule has 0 radical (unpaired) electrons. The zero-order valence-electron chi connectivity index (χ0n) is 9.76. The molecule has 2 rings (SSSR count). The normalized spacial score (nSPS) is 25.8. The van der Waals surface area contributed by atoms with Crippen LogP contribution in [0.1, 0.15) is 30.9 Å². The standard InChI is InChI=1S/C13H19NS/c1-10-5-6-11(9-12(10)15-3)13(2)7-4-8-14-13/h5-6,9,14H,4,7-8H2,1-3H3. The maximum atomic E-state index is 3.61. The summed E-state index contributed by atoms with van der Waals surface area (Å²) in [7, 11) is 0. The fourth-order valence-corrected chi connectivity index (χ4v) is 2.94. The van der Waals surface area contributed by atoms with E-state index in [1.807, 2.05) is 11.8 Å². The summed E-state index contributed by atoms with van der Waals surface area (Å²) in [5.41, 5.74) is 3.03. The summed E-state index contributed by atoms with van der Waals surface area (Å²) in [6.07, 6.45) is 4.69. The van der Waals surface area contributed by atoms with Crippen LogP contribution in [0.25, 0.3) is 0 Å². The third kappa shape index (κ3) is 2.06. The highest BCUT2D eigenvalue weighted by atomic mass is 32.2. The second kappa shape index (κ2) is 4.18. The van der Waals surface area contributed by atoms with Crippen molar-refractivity contribution in [1.82, 2.24) is 5.32 Å². The van der Waals surface area contributed by atoms with Gasteiger partial charge in [0.2, 0.25) is 0 Å². The van der Waals surface area contributed by atoms with Crippen LogP contribution in [0.2, 0.25) is 0 Å². The van der Waals surface area contributed by atoms with Gasteiger partial charge in [0.25, 0.3) is 0 Å². The minimum absolute atomic E-state index is 0.207. The molecule has 1 aromatic rings. The van der Waals surface area contributed by atoms with Crippen LogP contribution in [-0.2, 0) is 5.54 Å². The molecule has 1 unspecified atom stereocenters. The van der Waals surface area contributed by atoms with Crippen LogP contribution in [-0.4, -0.2) is 12.8 Å². The fourth-order valence-electron chi connectivity index (χ4n) is 2.30. The molecule has 82 valence electrons. The molecule has 0 spiro atoms. The molecule has 1 saturated heterocycles. The van der Waals surface area contributed by atoms with Crippen molar-refractivity contribution in [2.45, 2.75) is 37.1 Å². The number of hydrogen-bond donors (Lipinski definition) is 1. The van der Waals surface area contributed by atoms with Crippen molar-refractivity contribution < 1.29 is 0 Å². The summed E-state index contributed by atoms with van der Waals surface area (Å²) < 4.78 is 0. The summed E-state index contributed by atoms with van der Waals surface area (Å²) in [6, 6.07) is 6.86. The average Bonchev–Trinajstić information content (AvgIpc) is 2.67. The SMILES string of the molecule is CSc1cc(C2(C)CCCN2)ccc1C. The van der Waals surface area contributed by atoms with Gasteiger partial charge in [-0.15, -0.1) is 11.8 Å². The Balaban J connectivity index is 2.36. The van der Waals surface area contributed by atoms with E-state index in [1.54, 1.807) is 0 Å². The van der Waals surface area contributed by atoms with Gasteiger partial charge in [-0.25, -0.2) is 0 Å². The number of aryl methyl sites for hydroxylation is 1. The fraction of sp³-hybridized carbons (Fsp3) is 0.538. The van der Waals surface area contributed by atoms with Crippen LogP contribution in [0.15, 0.2) is 23.1 Å². The highest BCUT2D eigenvalue weighted by Gasteiger charge is 2.29. The van der Waals surface area contributed by atoms with Crippen LogP contribution >= 0.6 is 11.8 Å². The minimum atomic E-state index is 0.207. The molecule has 1 aliphatic heterocycles. The zero-order chi connectivity index (χ0) is 10.9. The van der Waals surface area contributed by atoms with E-state index in [0.29, 0.717) is 0 Å². The molecule has 0 aliphatic carbocycles. The molecule has 1 N–H and O–H groups in total. The lowest BCUT2D eigenvalue weighted by atomic mass is 9.90. The molecule has 1 fully saturated rings. The first-order valence-corrected chi connectivity index (χ1v) is 6.78. The number of hydrogen-bond acceptors (Lipinski definition) is 2. The van der Waals surface area contributed by atoms with Gasteiger partial charge in [0.15, 0.2) is 0 Å². The molecule has 0 saturated carbocycles. The predicted molar refractivity (Wildman–Crippen MR) is 67.5 cm³/mol. The van der Waals surface area contributed by atoms with Crippen molar-refractivity contribution in [3.63, 3.8) is 0 Å². The van der Waals surface area contributed by atoms with Gasteiger partial charge in [-0.05, 0) is 56.7 Å². The highest BCUT2D eigenvalue weighted by molar-refractivity contribution is 7.98. The van der Waals surface area contributed by atoms with Crippen molar-refractivity contribution in [3.8, 4) is 0 Å². The zero-order valence-corrected chi connectivity index (χ0v) is 10.6. The summed E-state index contributed by atoms with van der Waals surface area (Å²) >= 11 is 1.84. The molecule has 0 aromatic heterocycles. The maximum absolute atomic E-state index is 3.61. The van der Waals surface area contributed by atoms with Crippen LogP contribution in [0.3, 0.4) is 0 Å². The van der Waals surface area contributed by atoms with Gasteiger partial charge in [0.05, 0.1) is 0 Å². The van der Waals surface area contributed by atoms with E-state index in [1.165, 1.54) is 28.9 Å². The van der Waals surface area contributed by atoms with Crippen molar-refractivity contribution in [1.29, 1.82) is 0 Å². The molecule has 0 amide bonds. The smallest absolute Gasteiger partial charge is 0.0406 e. The van der Waals surface area contributed by atoms with Crippen LogP contribution in [0.5, 0.6) is 0 Å². The van der Waals surface area contributed by atoms with Crippen molar-refractivity contribution in [3.05, 3.63) is 29.3 Å². The Morgan fingerprint density at radius 1 is 1.40 bits per heavy atom. The van der Waals surface area contributed by atoms with E-state index in [4.69, 9.17) is 0 Å². The van der Waals surface area contributed by atoms with Crippen molar-refractivity contribution >= 4 is 11.8 Å². The van der Waals surface area contributed by atoms with Gasteiger partial charge < -0.3 is 5.32 Å². The Labute approximate surface area is 96.7 Å². The van der Waals surface area contributed by atoms with Gasteiger partial charge in [0, 0.05) is 10.4 Å². The Bertz CT molecular complexity index is 354. The van der Waals surface area contributed by atoms with Gasteiger partial charge in [-0.3, -0.25) is 0 Å². The van der Waals surface area contributed by atoms with Crippen molar-refractivity contribution in [2.24, 2.45) is 0 Å². The maximum Gasteiger partial charge on any atom is 0.0406 e. The van der Waals surface area contributed by atoms with E-state index in [2.05, 4.69) is 43.6 Å². The predicted octanol–water partition coefficient (Wildman–Crippen LogP) is 3.32. The first-order valence-electron chi connectivity index (χ1n) is 5.56. The van der Waals surface area contributed by atoms with Gasteiger partial charge in [-0.2, -0.15) is 0 Å². The van der Waals surface area contributed by atoms with Crippen molar-refractivity contribution in [2.75, 3.05) is 12.8 Å². The third-order valence-electron chi connectivity index (χ3n) is 3.41. The van der Waals surface area contributed by atoms with Gasteiger partial charge >= 0.3 is 0 Å². The van der Waals surface area contributed by atoms with Crippen LogP contribution < -0.4 is 5.32 Å². The Morgan fingerprint density at radius 3 is 2.80 bits per heavy atom. The van der Waals surface area contributed by atoms with E-state index < -0.39 is 0 Å². The van der Waals surface area contributed by atoms with Crippen LogP contribution in [0, 0.1) is 6.92 Å². The van der Waals surface area contributed by atoms with E-state index in [-0.39, 0.29) is 5.54 Å². The minimum Gasteiger partial charge on any atom is -0.308 e. The lowest BCUT2D eigenvalue weighted by Crippen LogP contribution is -2.33. The molecule has 15 heavy (non-hydrogen) atoms. The van der Waals surface area contributed by atoms with Gasteiger partial charge in [0.1, 0.15) is 0 Å².